The Morgan fingerprint density at radius 2 is 2.19 bits per heavy atom. The first-order valence-corrected chi connectivity index (χ1v) is 5.86. The van der Waals surface area contributed by atoms with Crippen molar-refractivity contribution in [3.05, 3.63) is 0 Å². The van der Waals surface area contributed by atoms with Crippen molar-refractivity contribution in [1.82, 2.24) is 10.6 Å². The monoisotopic (exact) mass is 227 g/mol. The molecule has 0 radical (unpaired) electrons. The molecule has 0 aliphatic carbocycles. The molecule has 0 aromatic rings. The molecule has 5 nitrogen and oxygen atoms in total. The number of nitrogens with two attached hydrogens (primary N) is 1. The van der Waals surface area contributed by atoms with Crippen LogP contribution in [0.4, 0.5) is 0 Å². The third-order valence-electron chi connectivity index (χ3n) is 3.33. The average molecular weight is 227 g/mol. The SMILES string of the molecule is CCC(N)(CC)CNC(=O)[C@@H]1CCC(=O)N1. The molecule has 0 aromatic heterocycles. The van der Waals surface area contributed by atoms with Crippen LogP contribution < -0.4 is 16.4 Å². The third-order valence-corrected chi connectivity index (χ3v) is 3.33. The van der Waals surface area contributed by atoms with Crippen molar-refractivity contribution in [2.24, 2.45) is 5.73 Å². The second-order valence-electron chi connectivity index (χ2n) is 4.45. The molecule has 2 amide bonds. The van der Waals surface area contributed by atoms with Gasteiger partial charge in [-0.05, 0) is 19.3 Å². The number of amides is 2. The number of hydrogen-bond acceptors (Lipinski definition) is 3. The van der Waals surface area contributed by atoms with E-state index in [1.54, 1.807) is 0 Å². The van der Waals surface area contributed by atoms with Crippen LogP contribution in [0, 0.1) is 0 Å². The van der Waals surface area contributed by atoms with Gasteiger partial charge in [-0.1, -0.05) is 13.8 Å². The highest BCUT2D eigenvalue weighted by atomic mass is 16.2. The number of rotatable bonds is 5. The van der Waals surface area contributed by atoms with Gasteiger partial charge in [-0.3, -0.25) is 9.59 Å². The molecule has 0 saturated carbocycles. The van der Waals surface area contributed by atoms with Crippen LogP contribution in [-0.4, -0.2) is 29.9 Å². The first-order chi connectivity index (χ1) is 7.50. The van der Waals surface area contributed by atoms with E-state index in [-0.39, 0.29) is 23.4 Å². The van der Waals surface area contributed by atoms with Gasteiger partial charge >= 0.3 is 0 Å². The van der Waals surface area contributed by atoms with Gasteiger partial charge in [0, 0.05) is 18.5 Å². The van der Waals surface area contributed by atoms with Gasteiger partial charge in [0.15, 0.2) is 0 Å². The average Bonchev–Trinajstić information content (AvgIpc) is 2.72. The molecule has 1 aliphatic rings. The summed E-state index contributed by atoms with van der Waals surface area (Å²) in [6.07, 6.45) is 2.66. The predicted molar refractivity (Wildman–Crippen MR) is 61.7 cm³/mol. The van der Waals surface area contributed by atoms with Gasteiger partial charge in [-0.15, -0.1) is 0 Å². The molecule has 5 heteroatoms. The molecule has 0 unspecified atom stereocenters. The zero-order valence-corrected chi connectivity index (χ0v) is 10.0. The molecule has 16 heavy (non-hydrogen) atoms. The lowest BCUT2D eigenvalue weighted by Gasteiger charge is -2.27. The molecular weight excluding hydrogens is 206 g/mol. The first-order valence-electron chi connectivity index (χ1n) is 5.86. The first kappa shape index (κ1) is 13.0. The summed E-state index contributed by atoms with van der Waals surface area (Å²) in [5.74, 6) is -0.173. The highest BCUT2D eigenvalue weighted by Gasteiger charge is 2.28. The lowest BCUT2D eigenvalue weighted by Crippen LogP contribution is -2.52. The molecule has 1 atom stereocenters. The van der Waals surface area contributed by atoms with Crippen LogP contribution in [0.25, 0.3) is 0 Å². The zero-order valence-electron chi connectivity index (χ0n) is 10.0. The van der Waals surface area contributed by atoms with Crippen molar-refractivity contribution in [3.63, 3.8) is 0 Å². The highest BCUT2D eigenvalue weighted by Crippen LogP contribution is 2.10. The summed E-state index contributed by atoms with van der Waals surface area (Å²) in [7, 11) is 0. The van der Waals surface area contributed by atoms with Crippen molar-refractivity contribution in [2.75, 3.05) is 6.54 Å². The van der Waals surface area contributed by atoms with E-state index in [0.717, 1.165) is 12.8 Å². The van der Waals surface area contributed by atoms with Crippen LogP contribution in [0.5, 0.6) is 0 Å². The maximum Gasteiger partial charge on any atom is 0.242 e. The summed E-state index contributed by atoms with van der Waals surface area (Å²) < 4.78 is 0. The fourth-order valence-corrected chi connectivity index (χ4v) is 1.70. The van der Waals surface area contributed by atoms with Gasteiger partial charge in [0.05, 0.1) is 0 Å². The lowest BCUT2D eigenvalue weighted by atomic mass is 9.94. The van der Waals surface area contributed by atoms with Crippen LogP contribution in [0.15, 0.2) is 0 Å². The Morgan fingerprint density at radius 1 is 1.56 bits per heavy atom. The fraction of sp³-hybridized carbons (Fsp3) is 0.818. The standard InChI is InChI=1S/C11H21N3O2/c1-3-11(12,4-2)7-13-10(16)8-5-6-9(15)14-8/h8H,3-7,12H2,1-2H3,(H,13,16)(H,14,15)/t8-/m0/s1. The molecule has 1 saturated heterocycles. The number of hydrogen-bond donors (Lipinski definition) is 3. The van der Waals surface area contributed by atoms with E-state index in [4.69, 9.17) is 5.73 Å². The van der Waals surface area contributed by atoms with Crippen molar-refractivity contribution in [1.29, 1.82) is 0 Å². The molecule has 0 spiro atoms. The third kappa shape index (κ3) is 3.20. The van der Waals surface area contributed by atoms with E-state index < -0.39 is 0 Å². The van der Waals surface area contributed by atoms with Crippen LogP contribution in [-0.2, 0) is 9.59 Å². The summed E-state index contributed by atoms with van der Waals surface area (Å²) >= 11 is 0. The van der Waals surface area contributed by atoms with E-state index in [2.05, 4.69) is 10.6 Å². The van der Waals surface area contributed by atoms with Crippen LogP contribution in [0.3, 0.4) is 0 Å². The molecule has 0 bridgehead atoms. The summed E-state index contributed by atoms with van der Waals surface area (Å²) in [6.45, 7) is 4.48. The molecular formula is C11H21N3O2. The molecule has 1 fully saturated rings. The fourth-order valence-electron chi connectivity index (χ4n) is 1.70. The van der Waals surface area contributed by atoms with E-state index in [1.165, 1.54) is 0 Å². The maximum absolute atomic E-state index is 11.7. The normalized spacial score (nSPS) is 20.7. The second kappa shape index (κ2) is 5.30. The number of carbonyl (C=O) groups excluding carboxylic acids is 2. The Balaban J connectivity index is 2.37. The Kier molecular flexibility index (Phi) is 4.29. The van der Waals surface area contributed by atoms with Crippen LogP contribution in [0.1, 0.15) is 39.5 Å². The van der Waals surface area contributed by atoms with Gasteiger partial charge in [-0.2, -0.15) is 0 Å². The van der Waals surface area contributed by atoms with Crippen LogP contribution in [0.2, 0.25) is 0 Å². The lowest BCUT2D eigenvalue weighted by molar-refractivity contribution is -0.125. The second-order valence-corrected chi connectivity index (χ2v) is 4.45. The molecule has 4 N–H and O–H groups in total. The Labute approximate surface area is 96.1 Å². The van der Waals surface area contributed by atoms with Crippen LogP contribution >= 0.6 is 0 Å². The van der Waals surface area contributed by atoms with Crippen molar-refractivity contribution >= 4 is 11.8 Å². The minimum atomic E-state index is -0.370. The topological polar surface area (TPSA) is 84.2 Å². The Bertz CT molecular complexity index is 274. The van der Waals surface area contributed by atoms with Gasteiger partial charge in [0.25, 0.3) is 0 Å². The number of carbonyl (C=O) groups is 2. The van der Waals surface area contributed by atoms with E-state index in [9.17, 15) is 9.59 Å². The quantitative estimate of drug-likeness (QED) is 0.613. The smallest absolute Gasteiger partial charge is 0.242 e. The van der Waals surface area contributed by atoms with E-state index in [0.29, 0.717) is 19.4 Å². The summed E-state index contributed by atoms with van der Waals surface area (Å²) in [4.78, 5) is 22.6. The van der Waals surface area contributed by atoms with Gasteiger partial charge in [0.1, 0.15) is 6.04 Å². The molecule has 0 aromatic carbocycles. The predicted octanol–water partition coefficient (Wildman–Crippen LogP) is -0.101. The number of nitrogens with one attached hydrogen (secondary N) is 2. The molecule has 1 rings (SSSR count). The van der Waals surface area contributed by atoms with Crippen molar-refractivity contribution in [2.45, 2.75) is 51.1 Å². The minimum absolute atomic E-state index is 0.0508. The van der Waals surface area contributed by atoms with Gasteiger partial charge in [-0.25, -0.2) is 0 Å². The Hall–Kier alpha value is -1.10. The minimum Gasteiger partial charge on any atom is -0.352 e. The largest absolute Gasteiger partial charge is 0.352 e. The van der Waals surface area contributed by atoms with Crippen molar-refractivity contribution < 1.29 is 9.59 Å². The molecule has 1 aliphatic heterocycles. The van der Waals surface area contributed by atoms with Gasteiger partial charge < -0.3 is 16.4 Å². The van der Waals surface area contributed by atoms with Gasteiger partial charge in [0.2, 0.25) is 11.8 Å². The Morgan fingerprint density at radius 3 is 2.62 bits per heavy atom. The molecule has 92 valence electrons. The summed E-state index contributed by atoms with van der Waals surface area (Å²) in [5.41, 5.74) is 5.73. The molecule has 1 heterocycles. The van der Waals surface area contributed by atoms with Crippen molar-refractivity contribution in [3.8, 4) is 0 Å². The summed E-state index contributed by atoms with van der Waals surface area (Å²) in [6, 6.07) is -0.370. The van der Waals surface area contributed by atoms with E-state index in [1.807, 2.05) is 13.8 Å². The summed E-state index contributed by atoms with van der Waals surface area (Å²) in [5, 5.41) is 5.44. The van der Waals surface area contributed by atoms with E-state index >= 15 is 0 Å². The maximum atomic E-state index is 11.7. The highest BCUT2D eigenvalue weighted by molar-refractivity contribution is 5.90. The zero-order chi connectivity index (χ0) is 12.2.